The van der Waals surface area contributed by atoms with E-state index in [9.17, 15) is 9.59 Å². The number of halogens is 2. The van der Waals surface area contributed by atoms with Crippen molar-refractivity contribution in [3.8, 4) is 5.75 Å². The quantitative estimate of drug-likeness (QED) is 0.553. The van der Waals surface area contributed by atoms with Crippen LogP contribution in [0.4, 0.5) is 0 Å². The SMILES string of the molecule is COc1cccc(CN(C(=O)Cc2ccc(Cl)cc2Cl)[C@@H](C)C(=O)NC2CCCCC2)c1. The average molecular weight is 477 g/mol. The Bertz CT molecular complexity index is 945. The lowest BCUT2D eigenvalue weighted by molar-refractivity contribution is -0.140. The third-order valence-electron chi connectivity index (χ3n) is 5.96. The molecule has 2 aromatic rings. The lowest BCUT2D eigenvalue weighted by Gasteiger charge is -2.31. The van der Waals surface area contributed by atoms with Crippen LogP contribution in [0.25, 0.3) is 0 Å². The Morgan fingerprint density at radius 1 is 1.12 bits per heavy atom. The van der Waals surface area contributed by atoms with E-state index in [2.05, 4.69) is 5.32 Å². The summed E-state index contributed by atoms with van der Waals surface area (Å²) in [5, 5.41) is 4.09. The fourth-order valence-electron chi connectivity index (χ4n) is 4.05. The van der Waals surface area contributed by atoms with Crippen molar-refractivity contribution in [1.29, 1.82) is 0 Å². The Balaban J connectivity index is 1.80. The predicted octanol–water partition coefficient (Wildman–Crippen LogP) is 5.41. The first-order chi connectivity index (χ1) is 15.4. The number of amides is 2. The molecule has 2 aromatic carbocycles. The van der Waals surface area contributed by atoms with Gasteiger partial charge >= 0.3 is 0 Å². The molecule has 0 heterocycles. The van der Waals surface area contributed by atoms with Crippen LogP contribution in [0, 0.1) is 0 Å². The highest BCUT2D eigenvalue weighted by Gasteiger charge is 2.28. The summed E-state index contributed by atoms with van der Waals surface area (Å²) in [6.45, 7) is 2.07. The van der Waals surface area contributed by atoms with E-state index in [0.717, 1.165) is 31.2 Å². The normalized spacial score (nSPS) is 15.1. The zero-order valence-electron chi connectivity index (χ0n) is 18.6. The maximum absolute atomic E-state index is 13.4. The third-order valence-corrected chi connectivity index (χ3v) is 6.55. The second-order valence-electron chi connectivity index (χ2n) is 8.31. The molecule has 1 aliphatic rings. The topological polar surface area (TPSA) is 58.6 Å². The van der Waals surface area contributed by atoms with E-state index >= 15 is 0 Å². The van der Waals surface area contributed by atoms with Crippen molar-refractivity contribution in [2.45, 2.75) is 64.1 Å². The molecule has 1 atom stereocenters. The molecule has 7 heteroatoms. The summed E-state index contributed by atoms with van der Waals surface area (Å²) >= 11 is 12.3. The van der Waals surface area contributed by atoms with E-state index < -0.39 is 6.04 Å². The van der Waals surface area contributed by atoms with Crippen molar-refractivity contribution in [2.75, 3.05) is 7.11 Å². The summed E-state index contributed by atoms with van der Waals surface area (Å²) < 4.78 is 5.32. The molecule has 5 nitrogen and oxygen atoms in total. The van der Waals surface area contributed by atoms with E-state index in [4.69, 9.17) is 27.9 Å². The summed E-state index contributed by atoms with van der Waals surface area (Å²) in [4.78, 5) is 28.0. The molecule has 0 unspecified atom stereocenters. The Morgan fingerprint density at radius 3 is 2.56 bits per heavy atom. The molecule has 172 valence electrons. The van der Waals surface area contributed by atoms with Crippen LogP contribution in [-0.4, -0.2) is 35.9 Å². The Hall–Kier alpha value is -2.24. The summed E-state index contributed by atoms with van der Waals surface area (Å²) in [6, 6.07) is 12.2. The number of nitrogens with zero attached hydrogens (tertiary/aromatic N) is 1. The minimum atomic E-state index is -0.623. The molecule has 0 saturated heterocycles. The van der Waals surface area contributed by atoms with Gasteiger partial charge in [0.15, 0.2) is 0 Å². The van der Waals surface area contributed by atoms with Crippen LogP contribution in [-0.2, 0) is 22.6 Å². The van der Waals surface area contributed by atoms with Gasteiger partial charge in [0, 0.05) is 22.6 Å². The number of hydrogen-bond donors (Lipinski definition) is 1. The highest BCUT2D eigenvalue weighted by atomic mass is 35.5. The van der Waals surface area contributed by atoms with E-state index in [1.54, 1.807) is 37.1 Å². The smallest absolute Gasteiger partial charge is 0.242 e. The lowest BCUT2D eigenvalue weighted by atomic mass is 9.95. The highest BCUT2D eigenvalue weighted by molar-refractivity contribution is 6.35. The largest absolute Gasteiger partial charge is 0.497 e. The molecule has 3 rings (SSSR count). The number of ether oxygens (including phenoxy) is 1. The van der Waals surface area contributed by atoms with Gasteiger partial charge in [-0.25, -0.2) is 0 Å². The van der Waals surface area contributed by atoms with Gasteiger partial charge in [0.25, 0.3) is 0 Å². The van der Waals surface area contributed by atoms with Gasteiger partial charge in [-0.05, 0) is 55.2 Å². The average Bonchev–Trinajstić information content (AvgIpc) is 2.79. The van der Waals surface area contributed by atoms with E-state index in [1.165, 1.54) is 6.42 Å². The summed E-state index contributed by atoms with van der Waals surface area (Å²) in [5.41, 5.74) is 1.56. The van der Waals surface area contributed by atoms with Crippen molar-refractivity contribution in [2.24, 2.45) is 0 Å². The van der Waals surface area contributed by atoms with Gasteiger partial charge in [0.1, 0.15) is 11.8 Å². The number of methoxy groups -OCH3 is 1. The summed E-state index contributed by atoms with van der Waals surface area (Å²) in [6.07, 6.45) is 5.53. The molecule has 1 aliphatic carbocycles. The van der Waals surface area contributed by atoms with Gasteiger partial charge in [0.2, 0.25) is 11.8 Å². The second kappa shape index (κ2) is 11.6. The van der Waals surface area contributed by atoms with Gasteiger partial charge in [-0.2, -0.15) is 0 Å². The molecule has 0 aromatic heterocycles. The Kier molecular flexibility index (Phi) is 8.83. The van der Waals surface area contributed by atoms with Crippen molar-refractivity contribution in [3.05, 3.63) is 63.6 Å². The zero-order chi connectivity index (χ0) is 23.1. The zero-order valence-corrected chi connectivity index (χ0v) is 20.1. The molecule has 1 fully saturated rings. The summed E-state index contributed by atoms with van der Waals surface area (Å²) in [7, 11) is 1.60. The number of hydrogen-bond acceptors (Lipinski definition) is 3. The van der Waals surface area contributed by atoms with Crippen LogP contribution in [0.5, 0.6) is 5.75 Å². The van der Waals surface area contributed by atoms with Crippen LogP contribution in [0.15, 0.2) is 42.5 Å². The fraction of sp³-hybridized carbons (Fsp3) is 0.440. The highest BCUT2D eigenvalue weighted by Crippen LogP contribution is 2.24. The number of carbonyl (C=O) groups excluding carboxylic acids is 2. The molecular formula is C25H30Cl2N2O3. The minimum Gasteiger partial charge on any atom is -0.497 e. The monoisotopic (exact) mass is 476 g/mol. The second-order valence-corrected chi connectivity index (χ2v) is 9.15. The van der Waals surface area contributed by atoms with E-state index in [1.807, 2.05) is 24.3 Å². The first-order valence-electron chi connectivity index (χ1n) is 11.0. The van der Waals surface area contributed by atoms with E-state index in [0.29, 0.717) is 27.9 Å². The Morgan fingerprint density at radius 2 is 1.88 bits per heavy atom. The van der Waals surface area contributed by atoms with Crippen LogP contribution in [0.3, 0.4) is 0 Å². The standard InChI is InChI=1S/C25H30Cl2N2O3/c1-17(25(31)28-21-8-4-3-5-9-21)29(16-18-7-6-10-22(13-18)32-2)24(30)14-19-11-12-20(26)15-23(19)27/h6-7,10-13,15,17,21H,3-5,8-9,14,16H2,1-2H3,(H,28,31)/t17-/m0/s1. The molecule has 0 spiro atoms. The predicted molar refractivity (Wildman–Crippen MR) is 128 cm³/mol. The van der Waals surface area contributed by atoms with Crippen LogP contribution in [0.1, 0.15) is 50.2 Å². The van der Waals surface area contributed by atoms with Crippen molar-refractivity contribution >= 4 is 35.0 Å². The third kappa shape index (κ3) is 6.63. The van der Waals surface area contributed by atoms with Crippen molar-refractivity contribution in [3.63, 3.8) is 0 Å². The van der Waals surface area contributed by atoms with Gasteiger partial charge in [-0.3, -0.25) is 9.59 Å². The maximum Gasteiger partial charge on any atom is 0.242 e. The maximum atomic E-state index is 13.4. The first-order valence-corrected chi connectivity index (χ1v) is 11.8. The molecule has 2 amide bonds. The first kappa shape index (κ1) is 24.4. The van der Waals surface area contributed by atoms with Crippen molar-refractivity contribution in [1.82, 2.24) is 10.2 Å². The van der Waals surface area contributed by atoms with Crippen LogP contribution in [0.2, 0.25) is 10.0 Å². The molecule has 0 bridgehead atoms. The number of benzene rings is 2. The van der Waals surface area contributed by atoms with E-state index in [-0.39, 0.29) is 24.3 Å². The van der Waals surface area contributed by atoms with Gasteiger partial charge in [-0.1, -0.05) is 60.7 Å². The minimum absolute atomic E-state index is 0.0843. The van der Waals surface area contributed by atoms with Crippen molar-refractivity contribution < 1.29 is 14.3 Å². The Labute approximate surface area is 200 Å². The van der Waals surface area contributed by atoms with Gasteiger partial charge in [-0.15, -0.1) is 0 Å². The number of nitrogens with one attached hydrogen (secondary N) is 1. The summed E-state index contributed by atoms with van der Waals surface area (Å²) in [5.74, 6) is 0.397. The number of rotatable bonds is 8. The molecule has 1 saturated carbocycles. The van der Waals surface area contributed by atoms with Crippen LogP contribution < -0.4 is 10.1 Å². The molecule has 32 heavy (non-hydrogen) atoms. The van der Waals surface area contributed by atoms with Gasteiger partial charge < -0.3 is 15.0 Å². The van der Waals surface area contributed by atoms with Crippen LogP contribution >= 0.6 is 23.2 Å². The molecular weight excluding hydrogens is 447 g/mol. The molecule has 0 radical (unpaired) electrons. The molecule has 0 aliphatic heterocycles. The fourth-order valence-corrected chi connectivity index (χ4v) is 4.52. The lowest BCUT2D eigenvalue weighted by Crippen LogP contribution is -2.50. The number of carbonyl (C=O) groups is 2. The molecule has 1 N–H and O–H groups in total. The van der Waals surface area contributed by atoms with Gasteiger partial charge in [0.05, 0.1) is 13.5 Å².